The molecule has 0 spiro atoms. The van der Waals surface area contributed by atoms with Gasteiger partial charge in [-0.15, -0.1) is 0 Å². The van der Waals surface area contributed by atoms with E-state index in [1.54, 1.807) is 25.3 Å². The molecule has 0 aliphatic carbocycles. The molecule has 1 unspecified atom stereocenters. The fraction of sp³-hybridized carbons (Fsp3) is 0.259. The maximum absolute atomic E-state index is 14.0. The summed E-state index contributed by atoms with van der Waals surface area (Å²) >= 11 is 0. The monoisotopic (exact) mass is 578 g/mol. The number of pyridine rings is 2. The predicted molar refractivity (Wildman–Crippen MR) is 134 cm³/mol. The van der Waals surface area contributed by atoms with Gasteiger partial charge < -0.3 is 19.9 Å². The lowest BCUT2D eigenvalue weighted by molar-refractivity contribution is -0.192. The Labute approximate surface area is 229 Å². The molecule has 1 aromatic carbocycles. The smallest absolute Gasteiger partial charge is 0.477 e. The van der Waals surface area contributed by atoms with Crippen LogP contribution in [0.25, 0.3) is 5.52 Å². The first kappa shape index (κ1) is 29.2. The number of rotatable bonds is 5. The second-order valence-corrected chi connectivity index (χ2v) is 8.98. The molecule has 1 amide bonds. The van der Waals surface area contributed by atoms with Crippen LogP contribution in [0.2, 0.25) is 0 Å². The highest BCUT2D eigenvalue weighted by molar-refractivity contribution is 6.02. The minimum Gasteiger partial charge on any atom is -0.477 e. The quantitative estimate of drug-likeness (QED) is 0.317. The number of halogens is 5. The van der Waals surface area contributed by atoms with Crippen LogP contribution >= 0.6 is 0 Å². The summed E-state index contributed by atoms with van der Waals surface area (Å²) in [5.41, 5.74) is 2.91. The number of alkyl halides is 3. The summed E-state index contributed by atoms with van der Waals surface area (Å²) in [6, 6.07) is 10.6. The molecule has 0 saturated heterocycles. The van der Waals surface area contributed by atoms with E-state index in [4.69, 9.17) is 19.4 Å². The zero-order chi connectivity index (χ0) is 29.9. The van der Waals surface area contributed by atoms with Gasteiger partial charge in [0.2, 0.25) is 11.8 Å². The van der Waals surface area contributed by atoms with Crippen molar-refractivity contribution in [1.29, 1.82) is 0 Å². The van der Waals surface area contributed by atoms with E-state index in [-0.39, 0.29) is 30.0 Å². The number of fused-ring (bicyclic) bond motifs is 2. The van der Waals surface area contributed by atoms with Crippen LogP contribution in [-0.2, 0) is 11.4 Å². The van der Waals surface area contributed by atoms with Gasteiger partial charge in [0.05, 0.1) is 35.0 Å². The van der Waals surface area contributed by atoms with Crippen LogP contribution in [-0.4, -0.2) is 44.4 Å². The van der Waals surface area contributed by atoms with Crippen molar-refractivity contribution in [2.75, 3.05) is 6.61 Å². The highest BCUT2D eigenvalue weighted by Crippen LogP contribution is 2.31. The van der Waals surface area contributed by atoms with Crippen molar-refractivity contribution in [3.05, 3.63) is 88.2 Å². The number of ether oxygens (including phenoxy) is 2. The van der Waals surface area contributed by atoms with Crippen molar-refractivity contribution in [2.24, 2.45) is 0 Å². The molecule has 1 aliphatic heterocycles. The Bertz CT molecular complexity index is 1590. The zero-order valence-corrected chi connectivity index (χ0v) is 21.6. The van der Waals surface area contributed by atoms with Gasteiger partial charge in [0, 0.05) is 24.2 Å². The summed E-state index contributed by atoms with van der Waals surface area (Å²) in [7, 11) is 0. The Morgan fingerprint density at radius 2 is 1.83 bits per heavy atom. The lowest BCUT2D eigenvalue weighted by atomic mass is 10.0. The minimum atomic E-state index is -5.08. The molecule has 9 nitrogen and oxygen atoms in total. The molecule has 5 rings (SSSR count). The summed E-state index contributed by atoms with van der Waals surface area (Å²) in [4.78, 5) is 26.5. The molecular formula is C27H23F5N4O5. The van der Waals surface area contributed by atoms with Gasteiger partial charge in [-0.2, -0.15) is 22.8 Å². The fourth-order valence-corrected chi connectivity index (χ4v) is 4.16. The van der Waals surface area contributed by atoms with Crippen molar-refractivity contribution < 1.29 is 46.1 Å². The summed E-state index contributed by atoms with van der Waals surface area (Å²) in [5.74, 6) is -3.62. The first-order valence-corrected chi connectivity index (χ1v) is 12.1. The number of hydrogen-bond acceptors (Lipinski definition) is 6. The van der Waals surface area contributed by atoms with E-state index in [1.807, 2.05) is 19.1 Å². The molecule has 1 aliphatic rings. The van der Waals surface area contributed by atoms with Gasteiger partial charge in [-0.05, 0) is 43.7 Å². The Balaban J connectivity index is 0.000000493. The Hall–Kier alpha value is -4.75. The first-order valence-electron chi connectivity index (χ1n) is 12.1. The normalized spacial score (nSPS) is 14.4. The van der Waals surface area contributed by atoms with Crippen molar-refractivity contribution in [2.45, 2.75) is 39.1 Å². The maximum Gasteiger partial charge on any atom is 0.490 e. The largest absolute Gasteiger partial charge is 0.490 e. The van der Waals surface area contributed by atoms with Crippen molar-refractivity contribution in [1.82, 2.24) is 19.9 Å². The Kier molecular flexibility index (Phi) is 8.40. The van der Waals surface area contributed by atoms with Gasteiger partial charge in [-0.3, -0.25) is 4.79 Å². The lowest BCUT2D eigenvalue weighted by Gasteiger charge is -2.25. The lowest BCUT2D eigenvalue weighted by Crippen LogP contribution is -2.32. The number of nitrogens with one attached hydrogen (secondary N) is 1. The number of hydrogen-bond donors (Lipinski definition) is 2. The third-order valence-corrected chi connectivity index (χ3v) is 6.04. The summed E-state index contributed by atoms with van der Waals surface area (Å²) in [6.07, 6.45) is -2.82. The van der Waals surface area contributed by atoms with Crippen LogP contribution in [0.5, 0.6) is 11.8 Å². The number of carbonyl (C=O) groups is 2. The molecule has 1 atom stereocenters. The highest BCUT2D eigenvalue weighted by atomic mass is 19.4. The third-order valence-electron chi connectivity index (χ3n) is 6.04. The van der Waals surface area contributed by atoms with Crippen LogP contribution in [0.15, 0.2) is 48.7 Å². The average Bonchev–Trinajstić information content (AvgIpc) is 3.24. The van der Waals surface area contributed by atoms with Crippen molar-refractivity contribution in [3.8, 4) is 11.8 Å². The number of carbonyl (C=O) groups excluding carboxylic acids is 1. The molecule has 216 valence electrons. The predicted octanol–water partition coefficient (Wildman–Crippen LogP) is 5.09. The van der Waals surface area contributed by atoms with Gasteiger partial charge in [-0.1, -0.05) is 12.1 Å². The van der Waals surface area contributed by atoms with E-state index in [1.165, 1.54) is 22.7 Å². The van der Waals surface area contributed by atoms with Gasteiger partial charge in [0.15, 0.2) is 0 Å². The van der Waals surface area contributed by atoms with Gasteiger partial charge >= 0.3 is 12.1 Å². The van der Waals surface area contributed by atoms with E-state index in [0.29, 0.717) is 35.7 Å². The van der Waals surface area contributed by atoms with Crippen molar-refractivity contribution in [3.63, 3.8) is 0 Å². The second-order valence-electron chi connectivity index (χ2n) is 8.98. The Morgan fingerprint density at radius 3 is 2.49 bits per heavy atom. The highest BCUT2D eigenvalue weighted by Gasteiger charge is 2.38. The van der Waals surface area contributed by atoms with Gasteiger partial charge in [0.1, 0.15) is 18.2 Å². The van der Waals surface area contributed by atoms with Crippen LogP contribution in [0.1, 0.15) is 45.2 Å². The fourth-order valence-electron chi connectivity index (χ4n) is 4.16. The molecule has 4 heterocycles. The Morgan fingerprint density at radius 1 is 1.15 bits per heavy atom. The van der Waals surface area contributed by atoms with Gasteiger partial charge in [0.25, 0.3) is 5.91 Å². The molecule has 14 heteroatoms. The molecular weight excluding hydrogens is 555 g/mol. The summed E-state index contributed by atoms with van der Waals surface area (Å²) < 4.78 is 72.6. The van der Waals surface area contributed by atoms with E-state index < -0.39 is 23.8 Å². The third kappa shape index (κ3) is 6.53. The number of aliphatic carboxylic acids is 1. The topological polar surface area (TPSA) is 115 Å². The molecule has 41 heavy (non-hydrogen) atoms. The van der Waals surface area contributed by atoms with E-state index in [9.17, 15) is 26.7 Å². The van der Waals surface area contributed by atoms with E-state index in [2.05, 4.69) is 15.4 Å². The number of carboxylic acids is 1. The van der Waals surface area contributed by atoms with E-state index >= 15 is 0 Å². The number of carboxylic acid groups (broad SMARTS) is 1. The number of amides is 1. The van der Waals surface area contributed by atoms with Gasteiger partial charge in [-0.25, -0.2) is 18.6 Å². The van der Waals surface area contributed by atoms with Crippen LogP contribution < -0.4 is 14.8 Å². The maximum atomic E-state index is 14.0. The molecule has 0 radical (unpaired) electrons. The number of benzene rings is 1. The number of aryl methyl sites for hydroxylation is 2. The van der Waals surface area contributed by atoms with Crippen molar-refractivity contribution >= 4 is 17.4 Å². The molecule has 2 N–H and O–H groups in total. The summed E-state index contributed by atoms with van der Waals surface area (Å²) in [5, 5.41) is 14.7. The molecule has 3 aromatic heterocycles. The van der Waals surface area contributed by atoms with Crippen LogP contribution in [0, 0.1) is 25.5 Å². The summed E-state index contributed by atoms with van der Waals surface area (Å²) in [6.45, 7) is 3.72. The molecule has 0 fully saturated rings. The van der Waals surface area contributed by atoms with E-state index in [0.717, 1.165) is 11.1 Å². The number of nitrogens with zero attached hydrogens (tertiary/aromatic N) is 3. The average molecular weight is 578 g/mol. The second kappa shape index (κ2) is 11.8. The number of aromatic nitrogens is 3. The molecule has 0 saturated carbocycles. The SMILES string of the molecule is Cc1cc(OCc2c(F)cccc2F)n2nc(C)c(C(=O)NC3CCOc4ncccc43)c2c1.O=C(O)C(F)(F)F. The first-order chi connectivity index (χ1) is 19.4. The standard InChI is InChI=1S/C25H22F2N4O3.C2HF3O2/c1-14-11-21-23(24(32)29-20-8-10-33-25-16(20)5-4-9-28-25)15(2)30-31(21)22(12-14)34-13-17-18(26)6-3-7-19(17)27;3-2(4,5)1(6)7/h3-7,9,11-12,20H,8,10,13H2,1-2H3,(H,29,32);(H,6,7). The zero-order valence-electron chi connectivity index (χ0n) is 21.6. The molecule has 4 aromatic rings. The molecule has 0 bridgehead atoms. The van der Waals surface area contributed by atoms with Crippen LogP contribution in [0.3, 0.4) is 0 Å². The van der Waals surface area contributed by atoms with Crippen LogP contribution in [0.4, 0.5) is 22.0 Å². The minimum absolute atomic E-state index is 0.175.